The number of hydrogen-bond acceptors (Lipinski definition) is 7. The molecule has 7 nitrogen and oxygen atoms in total. The van der Waals surface area contributed by atoms with E-state index in [0.717, 1.165) is 35.1 Å². The van der Waals surface area contributed by atoms with Gasteiger partial charge in [-0.15, -0.1) is 11.3 Å². The smallest absolute Gasteiger partial charge is 0.223 e. The fraction of sp³-hybridized carbons (Fsp3) is 0.526. The monoisotopic (exact) mass is 390 g/mol. The quantitative estimate of drug-likeness (QED) is 0.817. The van der Waals surface area contributed by atoms with E-state index in [9.17, 15) is 4.79 Å². The second-order valence-electron chi connectivity index (χ2n) is 6.94. The first kappa shape index (κ1) is 19.7. The van der Waals surface area contributed by atoms with Crippen LogP contribution in [0.15, 0.2) is 18.3 Å². The average molecular weight is 391 g/mol. The second-order valence-corrected chi connectivity index (χ2v) is 8.06. The van der Waals surface area contributed by atoms with Crippen LogP contribution in [0.4, 0.5) is 5.13 Å². The van der Waals surface area contributed by atoms with Crippen molar-refractivity contribution in [2.75, 3.05) is 25.1 Å². The van der Waals surface area contributed by atoms with Crippen LogP contribution < -0.4 is 10.1 Å². The highest BCUT2D eigenvalue weighted by Crippen LogP contribution is 2.23. The van der Waals surface area contributed by atoms with Crippen molar-refractivity contribution in [2.45, 2.75) is 46.4 Å². The molecule has 0 spiro atoms. The van der Waals surface area contributed by atoms with Gasteiger partial charge in [-0.2, -0.15) is 0 Å². The van der Waals surface area contributed by atoms with Gasteiger partial charge in [0.05, 0.1) is 6.61 Å². The molecule has 2 aromatic rings. The van der Waals surface area contributed by atoms with Crippen molar-refractivity contribution in [3.8, 4) is 5.75 Å². The Balaban J connectivity index is 1.55. The molecule has 1 saturated heterocycles. The minimum Gasteiger partial charge on any atom is -0.491 e. The summed E-state index contributed by atoms with van der Waals surface area (Å²) in [6.45, 7) is 10.3. The fourth-order valence-electron chi connectivity index (χ4n) is 3.05. The number of hydrogen-bond donors (Lipinski definition) is 1. The maximum atomic E-state index is 11.1. The van der Waals surface area contributed by atoms with Crippen molar-refractivity contribution in [1.82, 2.24) is 14.9 Å². The molecule has 1 aliphatic heterocycles. The summed E-state index contributed by atoms with van der Waals surface area (Å²) in [5.41, 5.74) is 1.90. The lowest BCUT2D eigenvalue weighted by Crippen LogP contribution is -2.49. The first-order valence-electron chi connectivity index (χ1n) is 9.05. The van der Waals surface area contributed by atoms with Gasteiger partial charge in [-0.1, -0.05) is 0 Å². The van der Waals surface area contributed by atoms with Gasteiger partial charge in [-0.05, 0) is 20.8 Å². The Morgan fingerprint density at radius 2 is 2.15 bits per heavy atom. The minimum atomic E-state index is -0.102. The summed E-state index contributed by atoms with van der Waals surface area (Å²) in [4.78, 5) is 23.3. The zero-order chi connectivity index (χ0) is 19.4. The van der Waals surface area contributed by atoms with E-state index in [4.69, 9.17) is 9.47 Å². The molecule has 0 aliphatic carbocycles. The predicted octanol–water partition coefficient (Wildman–Crippen LogP) is 2.78. The summed E-state index contributed by atoms with van der Waals surface area (Å²) in [7, 11) is 0. The largest absolute Gasteiger partial charge is 0.491 e. The maximum Gasteiger partial charge on any atom is 0.223 e. The van der Waals surface area contributed by atoms with Crippen molar-refractivity contribution in [3.05, 3.63) is 34.6 Å². The Bertz CT molecular complexity index is 775. The van der Waals surface area contributed by atoms with Gasteiger partial charge in [0.2, 0.25) is 5.91 Å². The molecule has 0 bridgehead atoms. The number of morpholine rings is 1. The van der Waals surface area contributed by atoms with Gasteiger partial charge in [-0.25, -0.2) is 4.98 Å². The van der Waals surface area contributed by atoms with E-state index in [0.29, 0.717) is 24.4 Å². The summed E-state index contributed by atoms with van der Waals surface area (Å²) in [5, 5.41) is 3.37. The Kier molecular flexibility index (Phi) is 6.41. The van der Waals surface area contributed by atoms with Crippen molar-refractivity contribution in [1.29, 1.82) is 0 Å². The summed E-state index contributed by atoms with van der Waals surface area (Å²) >= 11 is 1.51. The third-order valence-corrected chi connectivity index (χ3v) is 5.22. The van der Waals surface area contributed by atoms with Crippen molar-refractivity contribution >= 4 is 22.4 Å². The molecule has 2 aromatic heterocycles. The predicted molar refractivity (Wildman–Crippen MR) is 105 cm³/mol. The first-order valence-corrected chi connectivity index (χ1v) is 9.86. The van der Waals surface area contributed by atoms with Gasteiger partial charge < -0.3 is 14.8 Å². The summed E-state index contributed by atoms with van der Waals surface area (Å²) in [6, 6.07) is 4.20. The third-order valence-electron chi connectivity index (χ3n) is 4.32. The molecule has 3 rings (SSSR count). The van der Waals surface area contributed by atoms with Crippen molar-refractivity contribution in [2.24, 2.45) is 0 Å². The number of carbonyl (C=O) groups is 1. The molecule has 146 valence electrons. The number of rotatable bonds is 6. The topological polar surface area (TPSA) is 76.6 Å². The lowest BCUT2D eigenvalue weighted by Gasteiger charge is -2.37. The minimum absolute atomic E-state index is 0.0118. The highest BCUT2D eigenvalue weighted by atomic mass is 32.1. The lowest BCUT2D eigenvalue weighted by atomic mass is 10.2. The van der Waals surface area contributed by atoms with Crippen LogP contribution in [-0.2, 0) is 16.1 Å². The molecule has 3 heterocycles. The Labute approximate surface area is 163 Å². The molecular formula is C19H26N4O3S. The highest BCUT2D eigenvalue weighted by Gasteiger charge is 2.27. The number of aryl methyl sites for hydroxylation is 2. The fourth-order valence-corrected chi connectivity index (χ4v) is 3.94. The van der Waals surface area contributed by atoms with Gasteiger partial charge >= 0.3 is 0 Å². The van der Waals surface area contributed by atoms with Crippen LogP contribution in [0.2, 0.25) is 0 Å². The lowest BCUT2D eigenvalue weighted by molar-refractivity contribution is -0.114. The van der Waals surface area contributed by atoms with Crippen LogP contribution in [0.3, 0.4) is 0 Å². The first-order chi connectivity index (χ1) is 12.9. The number of thiazole rings is 1. The van der Waals surface area contributed by atoms with Crippen LogP contribution in [0.1, 0.15) is 30.1 Å². The molecule has 8 heteroatoms. The number of ether oxygens (including phenoxy) is 2. The van der Waals surface area contributed by atoms with Crippen molar-refractivity contribution < 1.29 is 14.3 Å². The van der Waals surface area contributed by atoms with Crippen LogP contribution in [-0.4, -0.2) is 52.7 Å². The number of carbonyl (C=O) groups excluding carboxylic acids is 1. The molecule has 0 radical (unpaired) electrons. The summed E-state index contributed by atoms with van der Waals surface area (Å²) in [6.07, 6.45) is 1.84. The van der Waals surface area contributed by atoms with Gasteiger partial charge in [0.1, 0.15) is 18.5 Å². The summed E-state index contributed by atoms with van der Waals surface area (Å²) in [5.74, 6) is 0.727. The number of aromatic nitrogens is 2. The van der Waals surface area contributed by atoms with E-state index >= 15 is 0 Å². The van der Waals surface area contributed by atoms with Crippen LogP contribution >= 0.6 is 11.3 Å². The molecule has 27 heavy (non-hydrogen) atoms. The molecule has 1 fully saturated rings. The highest BCUT2D eigenvalue weighted by molar-refractivity contribution is 7.15. The van der Waals surface area contributed by atoms with Gasteiger partial charge in [0.15, 0.2) is 5.13 Å². The molecule has 0 saturated carbocycles. The van der Waals surface area contributed by atoms with Crippen LogP contribution in [0, 0.1) is 13.8 Å². The van der Waals surface area contributed by atoms with E-state index in [-0.39, 0.29) is 12.0 Å². The SMILES string of the molecule is CC(=O)Nc1ncc(CN2C[C@@H](COc3cc(C)nc(C)c3)OC[C@@H]2C)s1. The zero-order valence-corrected chi connectivity index (χ0v) is 17.0. The third kappa shape index (κ3) is 5.72. The number of nitrogens with zero attached hydrogens (tertiary/aromatic N) is 3. The van der Waals surface area contributed by atoms with Crippen LogP contribution in [0.5, 0.6) is 5.75 Å². The molecule has 1 aliphatic rings. The number of amides is 1. The standard InChI is InChI=1S/C19H26N4O3S/c1-12-5-16(6-13(2)21-12)26-11-17-8-23(14(3)10-25-17)9-18-7-20-19(27-18)22-15(4)24/h5-7,14,17H,8-11H2,1-4H3,(H,20,22,24)/t14-,17-/m0/s1. The van der Waals surface area contributed by atoms with Gasteiger partial charge in [-0.3, -0.25) is 14.7 Å². The van der Waals surface area contributed by atoms with E-state index in [1.165, 1.54) is 18.3 Å². The van der Waals surface area contributed by atoms with Gasteiger partial charge in [0.25, 0.3) is 0 Å². The molecule has 0 unspecified atom stereocenters. The number of pyridine rings is 1. The van der Waals surface area contributed by atoms with E-state index in [2.05, 4.69) is 27.1 Å². The van der Waals surface area contributed by atoms with Crippen LogP contribution in [0.25, 0.3) is 0 Å². The normalized spacial score (nSPS) is 20.4. The molecule has 0 aromatic carbocycles. The molecule has 1 amide bonds. The van der Waals surface area contributed by atoms with E-state index in [1.54, 1.807) is 0 Å². The van der Waals surface area contributed by atoms with Crippen molar-refractivity contribution in [3.63, 3.8) is 0 Å². The van der Waals surface area contributed by atoms with Gasteiger partial charge in [0, 0.05) is 60.6 Å². The Hall–Kier alpha value is -2.03. The Morgan fingerprint density at radius 3 is 2.85 bits per heavy atom. The number of nitrogens with one attached hydrogen (secondary N) is 1. The molecule has 1 N–H and O–H groups in total. The maximum absolute atomic E-state index is 11.1. The molecule has 2 atom stereocenters. The zero-order valence-electron chi connectivity index (χ0n) is 16.2. The summed E-state index contributed by atoms with van der Waals surface area (Å²) < 4.78 is 11.9. The Morgan fingerprint density at radius 1 is 1.41 bits per heavy atom. The molecular weight excluding hydrogens is 364 g/mol. The average Bonchev–Trinajstić information content (AvgIpc) is 3.01. The van der Waals surface area contributed by atoms with E-state index < -0.39 is 0 Å². The number of anilines is 1. The van der Waals surface area contributed by atoms with E-state index in [1.807, 2.05) is 32.2 Å². The second kappa shape index (κ2) is 8.77.